The number of benzene rings is 1. The van der Waals surface area contributed by atoms with Crippen LogP contribution in [0.25, 0.3) is 0 Å². The molecular weight excluding hydrogens is 357 g/mol. The van der Waals surface area contributed by atoms with Gasteiger partial charge < -0.3 is 14.8 Å². The summed E-state index contributed by atoms with van der Waals surface area (Å²) >= 11 is 0. The second kappa shape index (κ2) is 8.58. The molecule has 2 heterocycles. The normalized spacial score (nSPS) is 26.3. The highest BCUT2D eigenvalue weighted by Gasteiger charge is 2.43. The topological polar surface area (TPSA) is 33.7 Å². The van der Waals surface area contributed by atoms with Gasteiger partial charge in [0.15, 0.2) is 0 Å². The fraction of sp³-hybridized carbons (Fsp3) is 0.647. The third kappa shape index (κ3) is 5.23. The number of ether oxygens (including phenoxy) is 2. The smallest absolute Gasteiger partial charge is 0.406 e. The van der Waals surface area contributed by atoms with E-state index in [-0.39, 0.29) is 24.4 Å². The quantitative estimate of drug-likeness (QED) is 0.822. The molecule has 1 aromatic carbocycles. The van der Waals surface area contributed by atoms with E-state index in [9.17, 15) is 13.2 Å². The van der Waals surface area contributed by atoms with Crippen LogP contribution < -0.4 is 10.1 Å². The molecule has 0 radical (unpaired) electrons. The van der Waals surface area contributed by atoms with Gasteiger partial charge in [0.25, 0.3) is 0 Å². The Labute approximate surface area is 152 Å². The summed E-state index contributed by atoms with van der Waals surface area (Å²) in [5.41, 5.74) is 1.01. The zero-order valence-electron chi connectivity index (χ0n) is 14.1. The van der Waals surface area contributed by atoms with E-state index in [1.165, 1.54) is 12.1 Å². The number of fused-ring (bicyclic) bond motifs is 1. The Morgan fingerprint density at radius 2 is 1.92 bits per heavy atom. The van der Waals surface area contributed by atoms with Crippen LogP contribution in [0.3, 0.4) is 0 Å². The van der Waals surface area contributed by atoms with Gasteiger partial charge in [-0.15, -0.1) is 25.6 Å². The number of likely N-dealkylation sites (tertiary alicyclic amines) is 1. The Morgan fingerprint density at radius 3 is 2.56 bits per heavy atom. The maximum absolute atomic E-state index is 12.1. The number of nitrogens with one attached hydrogen (secondary N) is 1. The maximum Gasteiger partial charge on any atom is 0.573 e. The Hall–Kier alpha value is -1.02. The predicted molar refractivity (Wildman–Crippen MR) is 90.9 cm³/mol. The van der Waals surface area contributed by atoms with Crippen molar-refractivity contribution in [1.29, 1.82) is 0 Å². The molecule has 2 fully saturated rings. The molecule has 2 aliphatic heterocycles. The van der Waals surface area contributed by atoms with E-state index >= 15 is 0 Å². The van der Waals surface area contributed by atoms with E-state index in [0.717, 1.165) is 44.6 Å². The number of halogens is 4. The molecule has 0 spiro atoms. The minimum atomic E-state index is -4.64. The molecule has 1 aromatic rings. The Morgan fingerprint density at radius 1 is 1.20 bits per heavy atom. The molecule has 0 amide bonds. The number of rotatable bonds is 6. The standard InChI is InChI=1S/C17H23F3N2O2.ClH/c1-23-16-15-10-21-9-13(15)11-22(16)8-2-3-12-4-6-14(7-5-12)24-17(18,19)20;/h4-7,13,15-16,21H,2-3,8-11H2,1H3;1H. The van der Waals surface area contributed by atoms with Crippen molar-refractivity contribution < 1.29 is 22.6 Å². The summed E-state index contributed by atoms with van der Waals surface area (Å²) in [7, 11) is 1.76. The van der Waals surface area contributed by atoms with Crippen molar-refractivity contribution in [2.24, 2.45) is 11.8 Å². The summed E-state index contributed by atoms with van der Waals surface area (Å²) in [5.74, 6) is 1.05. The first-order valence-electron chi connectivity index (χ1n) is 8.28. The average Bonchev–Trinajstić information content (AvgIpc) is 3.08. The Kier molecular flexibility index (Phi) is 6.96. The predicted octanol–water partition coefficient (Wildman–Crippen LogP) is 3.06. The minimum absolute atomic E-state index is 0. The van der Waals surface area contributed by atoms with Crippen LogP contribution >= 0.6 is 12.4 Å². The highest BCUT2D eigenvalue weighted by molar-refractivity contribution is 5.85. The summed E-state index contributed by atoms with van der Waals surface area (Å²) < 4.78 is 46.0. The first-order valence-corrected chi connectivity index (χ1v) is 8.28. The second-order valence-corrected chi connectivity index (χ2v) is 6.50. The first kappa shape index (κ1) is 20.3. The van der Waals surface area contributed by atoms with Gasteiger partial charge in [-0.1, -0.05) is 12.1 Å². The molecule has 0 aliphatic carbocycles. The highest BCUT2D eigenvalue weighted by atomic mass is 35.5. The van der Waals surface area contributed by atoms with E-state index < -0.39 is 6.36 Å². The van der Waals surface area contributed by atoms with Gasteiger partial charge in [-0.25, -0.2) is 0 Å². The van der Waals surface area contributed by atoms with Gasteiger partial charge in [0.05, 0.1) is 0 Å². The van der Waals surface area contributed by atoms with Gasteiger partial charge >= 0.3 is 6.36 Å². The fourth-order valence-electron chi connectivity index (χ4n) is 3.85. The van der Waals surface area contributed by atoms with E-state index in [0.29, 0.717) is 11.8 Å². The fourth-order valence-corrected chi connectivity index (χ4v) is 3.85. The van der Waals surface area contributed by atoms with Crippen molar-refractivity contribution in [2.45, 2.75) is 25.4 Å². The molecule has 142 valence electrons. The van der Waals surface area contributed by atoms with Gasteiger partial charge in [-0.2, -0.15) is 0 Å². The second-order valence-electron chi connectivity index (χ2n) is 6.50. The number of aryl methyl sites for hydroxylation is 1. The van der Waals surface area contributed by atoms with Gasteiger partial charge in [-0.3, -0.25) is 4.90 Å². The lowest BCUT2D eigenvalue weighted by atomic mass is 9.99. The molecule has 0 aromatic heterocycles. The minimum Gasteiger partial charge on any atom is -0.406 e. The maximum atomic E-state index is 12.1. The molecule has 0 bridgehead atoms. The molecule has 25 heavy (non-hydrogen) atoms. The molecule has 2 saturated heterocycles. The van der Waals surface area contributed by atoms with Crippen molar-refractivity contribution in [2.75, 3.05) is 33.3 Å². The van der Waals surface area contributed by atoms with Gasteiger partial charge in [0.1, 0.15) is 12.0 Å². The highest BCUT2D eigenvalue weighted by Crippen LogP contribution is 2.33. The lowest BCUT2D eigenvalue weighted by Gasteiger charge is -2.26. The lowest BCUT2D eigenvalue weighted by Crippen LogP contribution is -2.37. The van der Waals surface area contributed by atoms with Crippen LogP contribution in [0.2, 0.25) is 0 Å². The van der Waals surface area contributed by atoms with Crippen molar-refractivity contribution in [3.63, 3.8) is 0 Å². The van der Waals surface area contributed by atoms with E-state index in [1.807, 2.05) is 0 Å². The summed E-state index contributed by atoms with van der Waals surface area (Å²) in [5, 5.41) is 3.41. The van der Waals surface area contributed by atoms with Crippen LogP contribution in [0, 0.1) is 11.8 Å². The van der Waals surface area contributed by atoms with Crippen LogP contribution in [0.4, 0.5) is 13.2 Å². The first-order chi connectivity index (χ1) is 11.5. The molecule has 0 saturated carbocycles. The Bertz CT molecular complexity index is 542. The van der Waals surface area contributed by atoms with Gasteiger partial charge in [0, 0.05) is 32.7 Å². The summed E-state index contributed by atoms with van der Waals surface area (Å²) in [6.45, 7) is 4.06. The number of hydrogen-bond acceptors (Lipinski definition) is 4. The molecule has 3 unspecified atom stereocenters. The van der Waals surface area contributed by atoms with Crippen molar-refractivity contribution >= 4 is 12.4 Å². The molecule has 2 aliphatic rings. The van der Waals surface area contributed by atoms with Crippen molar-refractivity contribution in [3.05, 3.63) is 29.8 Å². The monoisotopic (exact) mass is 380 g/mol. The van der Waals surface area contributed by atoms with Crippen LogP contribution in [-0.4, -0.2) is 50.8 Å². The van der Waals surface area contributed by atoms with Crippen LogP contribution in [0.5, 0.6) is 5.75 Å². The number of hydrogen-bond donors (Lipinski definition) is 1. The largest absolute Gasteiger partial charge is 0.573 e. The molecule has 8 heteroatoms. The van der Waals surface area contributed by atoms with E-state index in [4.69, 9.17) is 4.74 Å². The molecule has 1 N–H and O–H groups in total. The number of methoxy groups -OCH3 is 1. The SMILES string of the molecule is COC1C2CNCC2CN1CCCc1ccc(OC(F)(F)F)cc1.Cl. The van der Waals surface area contributed by atoms with Crippen LogP contribution in [-0.2, 0) is 11.2 Å². The summed E-state index contributed by atoms with van der Waals surface area (Å²) in [4.78, 5) is 2.39. The zero-order valence-corrected chi connectivity index (χ0v) is 14.9. The van der Waals surface area contributed by atoms with Gasteiger partial charge in [-0.05, 0) is 43.0 Å². The van der Waals surface area contributed by atoms with Gasteiger partial charge in [0.2, 0.25) is 0 Å². The van der Waals surface area contributed by atoms with E-state index in [1.54, 1.807) is 19.2 Å². The van der Waals surface area contributed by atoms with Crippen LogP contribution in [0.15, 0.2) is 24.3 Å². The number of nitrogens with zero attached hydrogens (tertiary/aromatic N) is 1. The average molecular weight is 381 g/mol. The molecule has 4 nitrogen and oxygen atoms in total. The Balaban J connectivity index is 0.00000225. The number of alkyl halides is 3. The molecule has 3 rings (SSSR count). The van der Waals surface area contributed by atoms with Crippen molar-refractivity contribution in [3.8, 4) is 5.75 Å². The third-order valence-electron chi connectivity index (χ3n) is 4.90. The van der Waals surface area contributed by atoms with E-state index in [2.05, 4.69) is 15.0 Å². The molecular formula is C17H24ClF3N2O2. The van der Waals surface area contributed by atoms with Crippen LogP contribution in [0.1, 0.15) is 12.0 Å². The third-order valence-corrected chi connectivity index (χ3v) is 4.90. The zero-order chi connectivity index (χ0) is 17.2. The van der Waals surface area contributed by atoms with Crippen molar-refractivity contribution in [1.82, 2.24) is 10.2 Å². The summed E-state index contributed by atoms with van der Waals surface area (Å²) in [6.07, 6.45) is -2.69. The lowest BCUT2D eigenvalue weighted by molar-refractivity contribution is -0.274. The summed E-state index contributed by atoms with van der Waals surface area (Å²) in [6, 6.07) is 6.12. The molecule has 3 atom stereocenters.